The average Bonchev–Trinajstić information content (AvgIpc) is 2.97. The van der Waals surface area contributed by atoms with Crippen LogP contribution in [0.25, 0.3) is 5.65 Å². The molecule has 0 aromatic carbocycles. The Labute approximate surface area is 140 Å². The summed E-state index contributed by atoms with van der Waals surface area (Å²) >= 11 is 0. The zero-order chi connectivity index (χ0) is 17.3. The Morgan fingerprint density at radius 1 is 1.50 bits per heavy atom. The van der Waals surface area contributed by atoms with E-state index in [0.29, 0.717) is 43.8 Å². The summed E-state index contributed by atoms with van der Waals surface area (Å²) in [4.78, 5) is 18.9. The minimum Gasteiger partial charge on any atom is -0.377 e. The summed E-state index contributed by atoms with van der Waals surface area (Å²) in [6, 6.07) is 2.23. The fourth-order valence-corrected chi connectivity index (χ4v) is 3.22. The molecule has 2 aromatic heterocycles. The fraction of sp³-hybridized carbons (Fsp3) is 0.529. The number of amides is 1. The van der Waals surface area contributed by atoms with E-state index in [2.05, 4.69) is 16.2 Å². The van der Waals surface area contributed by atoms with E-state index >= 15 is 0 Å². The first-order chi connectivity index (χ1) is 11.5. The molecule has 0 bridgehead atoms. The second-order valence-corrected chi connectivity index (χ2v) is 6.18. The molecule has 1 saturated heterocycles. The van der Waals surface area contributed by atoms with Crippen molar-refractivity contribution in [3.05, 3.63) is 28.7 Å². The molecular weight excluding hydrogens is 306 g/mol. The van der Waals surface area contributed by atoms with Gasteiger partial charge in [-0.15, -0.1) is 0 Å². The summed E-state index contributed by atoms with van der Waals surface area (Å²) in [7, 11) is 0. The van der Waals surface area contributed by atoms with E-state index in [0.717, 1.165) is 17.0 Å². The maximum absolute atomic E-state index is 12.5. The van der Waals surface area contributed by atoms with Crippen molar-refractivity contribution in [1.82, 2.24) is 19.5 Å². The quantitative estimate of drug-likeness (QED) is 0.851. The van der Waals surface area contributed by atoms with Crippen molar-refractivity contribution < 1.29 is 9.53 Å². The molecule has 24 heavy (non-hydrogen) atoms. The zero-order valence-electron chi connectivity index (χ0n) is 14.2. The Morgan fingerprint density at radius 2 is 2.29 bits per heavy atom. The van der Waals surface area contributed by atoms with Crippen molar-refractivity contribution in [3.8, 4) is 6.07 Å². The van der Waals surface area contributed by atoms with E-state index in [9.17, 15) is 4.79 Å². The van der Waals surface area contributed by atoms with Crippen LogP contribution < -0.4 is 0 Å². The third-order valence-corrected chi connectivity index (χ3v) is 4.61. The predicted octanol–water partition coefficient (Wildman–Crippen LogP) is 1.40. The van der Waals surface area contributed by atoms with Crippen molar-refractivity contribution in [2.75, 3.05) is 19.8 Å². The highest BCUT2D eigenvalue weighted by Crippen LogP contribution is 2.19. The number of carbonyl (C=O) groups excluding carboxylic acids is 1. The van der Waals surface area contributed by atoms with Gasteiger partial charge in [0.15, 0.2) is 5.65 Å². The molecule has 2 aromatic rings. The van der Waals surface area contributed by atoms with Gasteiger partial charge in [0.25, 0.3) is 0 Å². The maximum Gasteiger partial charge on any atom is 0.223 e. The van der Waals surface area contributed by atoms with Gasteiger partial charge in [-0.2, -0.15) is 10.4 Å². The molecule has 3 rings (SSSR count). The van der Waals surface area contributed by atoms with Crippen LogP contribution in [0.3, 0.4) is 0 Å². The lowest BCUT2D eigenvalue weighted by molar-refractivity contribution is -0.139. The van der Waals surface area contributed by atoms with Crippen LogP contribution in [0.15, 0.2) is 6.20 Å². The van der Waals surface area contributed by atoms with Gasteiger partial charge in [-0.05, 0) is 32.8 Å². The molecule has 0 aliphatic carbocycles. The van der Waals surface area contributed by atoms with Crippen molar-refractivity contribution in [2.45, 2.75) is 39.7 Å². The van der Waals surface area contributed by atoms with E-state index < -0.39 is 0 Å². The smallest absolute Gasteiger partial charge is 0.223 e. The van der Waals surface area contributed by atoms with Gasteiger partial charge in [0.05, 0.1) is 25.5 Å². The van der Waals surface area contributed by atoms with Gasteiger partial charge in [0.1, 0.15) is 11.6 Å². The largest absolute Gasteiger partial charge is 0.377 e. The monoisotopic (exact) mass is 327 g/mol. The summed E-state index contributed by atoms with van der Waals surface area (Å²) in [6.07, 6.45) is 2.58. The van der Waals surface area contributed by atoms with Crippen LogP contribution in [-0.2, 0) is 16.0 Å². The molecule has 1 amide bonds. The number of nitrogens with zero attached hydrogens (tertiary/aromatic N) is 5. The molecule has 7 heteroatoms. The van der Waals surface area contributed by atoms with E-state index in [1.54, 1.807) is 4.52 Å². The molecule has 1 aliphatic rings. The van der Waals surface area contributed by atoms with Crippen molar-refractivity contribution >= 4 is 11.6 Å². The number of hydrogen-bond donors (Lipinski definition) is 0. The van der Waals surface area contributed by atoms with E-state index in [4.69, 9.17) is 10.00 Å². The Kier molecular flexibility index (Phi) is 4.49. The standard InChI is InChI=1S/C17H21N5O2/c1-11-10-24-7-6-21(11)16(23)5-4-15-12(2)20-17-14(8-18)9-19-22(17)13(15)3/h9,11H,4-7,10H2,1-3H3/t11-/m0/s1. The Morgan fingerprint density at radius 3 is 3.00 bits per heavy atom. The first-order valence-electron chi connectivity index (χ1n) is 8.14. The third-order valence-electron chi connectivity index (χ3n) is 4.61. The third kappa shape index (κ3) is 2.85. The lowest BCUT2D eigenvalue weighted by atomic mass is 10.1. The lowest BCUT2D eigenvalue weighted by Crippen LogP contribution is -2.47. The zero-order valence-corrected chi connectivity index (χ0v) is 14.2. The number of aryl methyl sites for hydroxylation is 2. The summed E-state index contributed by atoms with van der Waals surface area (Å²) in [5.41, 5.74) is 3.83. The number of morpholine rings is 1. The number of hydrogen-bond acceptors (Lipinski definition) is 5. The first kappa shape index (κ1) is 16.4. The van der Waals surface area contributed by atoms with Crippen LogP contribution in [0, 0.1) is 25.2 Å². The molecule has 126 valence electrons. The van der Waals surface area contributed by atoms with Crippen molar-refractivity contribution in [1.29, 1.82) is 5.26 Å². The number of aromatic nitrogens is 3. The molecule has 1 fully saturated rings. The number of carbonyl (C=O) groups is 1. The van der Waals surface area contributed by atoms with Gasteiger partial charge < -0.3 is 9.64 Å². The number of rotatable bonds is 3. The minimum atomic E-state index is 0.123. The predicted molar refractivity (Wildman–Crippen MR) is 87.5 cm³/mol. The Bertz CT molecular complexity index is 820. The van der Waals surface area contributed by atoms with E-state index in [1.807, 2.05) is 25.7 Å². The van der Waals surface area contributed by atoms with Crippen LogP contribution in [0.1, 0.15) is 35.9 Å². The average molecular weight is 327 g/mol. The molecule has 7 nitrogen and oxygen atoms in total. The van der Waals surface area contributed by atoms with Gasteiger partial charge in [0.2, 0.25) is 5.91 Å². The van der Waals surface area contributed by atoms with Crippen LogP contribution >= 0.6 is 0 Å². The highest BCUT2D eigenvalue weighted by Gasteiger charge is 2.24. The molecule has 0 N–H and O–H groups in total. The normalized spacial score (nSPS) is 17.9. The summed E-state index contributed by atoms with van der Waals surface area (Å²) < 4.78 is 7.07. The van der Waals surface area contributed by atoms with Crippen LogP contribution in [0.4, 0.5) is 0 Å². The fourth-order valence-electron chi connectivity index (χ4n) is 3.22. The maximum atomic E-state index is 12.5. The Hall–Kier alpha value is -2.46. The van der Waals surface area contributed by atoms with Crippen molar-refractivity contribution in [2.24, 2.45) is 0 Å². The van der Waals surface area contributed by atoms with Gasteiger partial charge in [0, 0.05) is 24.4 Å². The number of ether oxygens (including phenoxy) is 1. The first-order valence-corrected chi connectivity index (χ1v) is 8.14. The molecule has 0 radical (unpaired) electrons. The summed E-state index contributed by atoms with van der Waals surface area (Å²) in [6.45, 7) is 7.73. The van der Waals surface area contributed by atoms with Crippen molar-refractivity contribution in [3.63, 3.8) is 0 Å². The lowest BCUT2D eigenvalue weighted by Gasteiger charge is -2.33. The molecule has 0 saturated carbocycles. The van der Waals surface area contributed by atoms with Gasteiger partial charge in [-0.1, -0.05) is 0 Å². The molecule has 3 heterocycles. The van der Waals surface area contributed by atoms with E-state index in [1.165, 1.54) is 6.20 Å². The molecule has 1 aliphatic heterocycles. The highest BCUT2D eigenvalue weighted by molar-refractivity contribution is 5.77. The topological polar surface area (TPSA) is 83.5 Å². The molecular formula is C17H21N5O2. The number of nitriles is 1. The number of fused-ring (bicyclic) bond motifs is 1. The summed E-state index contributed by atoms with van der Waals surface area (Å²) in [5, 5.41) is 13.4. The highest BCUT2D eigenvalue weighted by atomic mass is 16.5. The minimum absolute atomic E-state index is 0.123. The van der Waals surface area contributed by atoms with Crippen LogP contribution in [0.2, 0.25) is 0 Å². The van der Waals surface area contributed by atoms with Crippen LogP contribution in [-0.4, -0.2) is 51.2 Å². The summed E-state index contributed by atoms with van der Waals surface area (Å²) in [5.74, 6) is 0.142. The molecule has 0 unspecified atom stereocenters. The van der Waals surface area contributed by atoms with Gasteiger partial charge in [-0.3, -0.25) is 4.79 Å². The Balaban J connectivity index is 1.80. The molecule has 0 spiro atoms. The van der Waals surface area contributed by atoms with Gasteiger partial charge in [-0.25, -0.2) is 9.50 Å². The molecule has 1 atom stereocenters. The SMILES string of the molecule is Cc1nc2c(C#N)cnn2c(C)c1CCC(=O)N1CCOC[C@@H]1C. The second kappa shape index (κ2) is 6.57. The van der Waals surface area contributed by atoms with Crippen LogP contribution in [0.5, 0.6) is 0 Å². The van der Waals surface area contributed by atoms with Gasteiger partial charge >= 0.3 is 0 Å². The van der Waals surface area contributed by atoms with E-state index in [-0.39, 0.29) is 11.9 Å². The second-order valence-electron chi connectivity index (χ2n) is 6.18.